The monoisotopic (exact) mass is 474 g/mol. The number of nitrogens with zero attached hydrogens (tertiary/aromatic N) is 2. The molecular weight excluding hydrogens is 456 g/mol. The minimum Gasteiger partial charge on any atom is -0.479 e. The average molecular weight is 475 g/mol. The normalized spacial score (nSPS) is 19.9. The molecule has 0 bridgehead atoms. The molecule has 2 aromatic rings. The zero-order chi connectivity index (χ0) is 23.0. The van der Waals surface area contributed by atoms with Crippen molar-refractivity contribution in [3.05, 3.63) is 63.6 Å². The van der Waals surface area contributed by atoms with Gasteiger partial charge in [0.2, 0.25) is 0 Å². The van der Waals surface area contributed by atoms with Gasteiger partial charge in [-0.1, -0.05) is 54.4 Å². The van der Waals surface area contributed by atoms with E-state index in [0.717, 1.165) is 12.0 Å². The summed E-state index contributed by atoms with van der Waals surface area (Å²) < 4.78 is 46.7. The summed E-state index contributed by atoms with van der Waals surface area (Å²) in [5.41, 5.74) is -2.19. The number of hydrazone groups is 1. The van der Waals surface area contributed by atoms with Gasteiger partial charge < -0.3 is 9.84 Å². The van der Waals surface area contributed by atoms with Crippen LogP contribution in [0.3, 0.4) is 0 Å². The van der Waals surface area contributed by atoms with Gasteiger partial charge in [0.1, 0.15) is 5.75 Å². The van der Waals surface area contributed by atoms with Crippen LogP contribution in [0.15, 0.2) is 47.6 Å². The summed E-state index contributed by atoms with van der Waals surface area (Å²) in [6.07, 6.45) is -6.71. The Kier molecular flexibility index (Phi) is 6.55. The lowest BCUT2D eigenvalue weighted by Gasteiger charge is -2.33. The minimum atomic E-state index is -5.14. The van der Waals surface area contributed by atoms with Crippen LogP contribution in [0.25, 0.3) is 0 Å². The topological polar surface area (TPSA) is 62.1 Å². The molecule has 0 saturated heterocycles. The summed E-state index contributed by atoms with van der Waals surface area (Å²) in [5.74, 6) is -1.12. The fourth-order valence-corrected chi connectivity index (χ4v) is 3.53. The van der Waals surface area contributed by atoms with Crippen molar-refractivity contribution in [3.8, 4) is 5.75 Å². The number of benzene rings is 2. The highest BCUT2D eigenvalue weighted by molar-refractivity contribution is 6.35. The Bertz CT molecular complexity index is 1010. The van der Waals surface area contributed by atoms with Crippen LogP contribution in [0.4, 0.5) is 13.2 Å². The summed E-state index contributed by atoms with van der Waals surface area (Å²) in [6.45, 7) is 3.19. The largest absolute Gasteiger partial charge is 0.479 e. The van der Waals surface area contributed by atoms with Crippen LogP contribution in [0.5, 0.6) is 5.75 Å². The highest BCUT2D eigenvalue weighted by Crippen LogP contribution is 2.42. The van der Waals surface area contributed by atoms with Gasteiger partial charge in [-0.05, 0) is 42.7 Å². The molecule has 1 heterocycles. The van der Waals surface area contributed by atoms with E-state index in [-0.39, 0.29) is 21.5 Å². The quantitative estimate of drug-likeness (QED) is 0.646. The van der Waals surface area contributed by atoms with Crippen molar-refractivity contribution < 1.29 is 27.8 Å². The molecule has 0 fully saturated rings. The summed E-state index contributed by atoms with van der Waals surface area (Å²) >= 11 is 11.8. The first-order valence-electron chi connectivity index (χ1n) is 9.38. The first kappa shape index (κ1) is 23.4. The molecule has 2 aromatic carbocycles. The number of alkyl halides is 3. The highest BCUT2D eigenvalue weighted by Gasteiger charge is 2.63. The second kappa shape index (κ2) is 8.68. The van der Waals surface area contributed by atoms with Crippen LogP contribution in [0.1, 0.15) is 31.4 Å². The van der Waals surface area contributed by atoms with E-state index in [9.17, 15) is 23.1 Å². The van der Waals surface area contributed by atoms with E-state index in [0.29, 0.717) is 10.6 Å². The van der Waals surface area contributed by atoms with Crippen LogP contribution < -0.4 is 4.74 Å². The predicted octanol–water partition coefficient (Wildman–Crippen LogP) is 5.21. The number of aryl methyl sites for hydroxylation is 1. The molecule has 2 atom stereocenters. The predicted molar refractivity (Wildman–Crippen MR) is 111 cm³/mol. The molecule has 0 aliphatic carbocycles. The fourth-order valence-electron chi connectivity index (χ4n) is 3.08. The van der Waals surface area contributed by atoms with Crippen molar-refractivity contribution >= 4 is 34.8 Å². The van der Waals surface area contributed by atoms with Gasteiger partial charge in [0.25, 0.3) is 11.6 Å². The maximum absolute atomic E-state index is 13.8. The molecule has 1 amide bonds. The van der Waals surface area contributed by atoms with Gasteiger partial charge in [0.05, 0.1) is 17.2 Å². The maximum Gasteiger partial charge on any atom is 0.438 e. The molecule has 0 aromatic heterocycles. The number of carbonyl (C=O) groups excluding carboxylic acids is 1. The van der Waals surface area contributed by atoms with Crippen LogP contribution in [0, 0.1) is 0 Å². The fraction of sp³-hybridized carbons (Fsp3) is 0.333. The van der Waals surface area contributed by atoms with Gasteiger partial charge in [-0.2, -0.15) is 23.3 Å². The van der Waals surface area contributed by atoms with Crippen molar-refractivity contribution in [1.82, 2.24) is 5.01 Å². The van der Waals surface area contributed by atoms with E-state index >= 15 is 0 Å². The maximum atomic E-state index is 13.8. The molecule has 0 unspecified atom stereocenters. The molecule has 1 aliphatic rings. The summed E-state index contributed by atoms with van der Waals surface area (Å²) in [4.78, 5) is 12.8. The van der Waals surface area contributed by atoms with E-state index in [4.69, 9.17) is 27.9 Å². The summed E-state index contributed by atoms with van der Waals surface area (Å²) in [6, 6.07) is 10.9. The number of hydrogen-bond donors (Lipinski definition) is 1. The van der Waals surface area contributed by atoms with Gasteiger partial charge >= 0.3 is 6.18 Å². The number of ether oxygens (including phenoxy) is 1. The zero-order valence-electron chi connectivity index (χ0n) is 16.6. The van der Waals surface area contributed by atoms with Crippen LogP contribution in [-0.4, -0.2) is 39.7 Å². The standard InChI is InChI=1S/C21H19Cl2F3N2O3/c1-3-13-4-6-14(7-5-13)17-11-20(30,21(24,25)26)28(27-17)19(29)12(2)31-18-9-8-15(22)10-16(18)23/h4-10,12,30H,3,11H2,1-2H3/t12-,20-/m1/s1. The molecule has 1 aliphatic heterocycles. The Morgan fingerprint density at radius 2 is 1.90 bits per heavy atom. The zero-order valence-corrected chi connectivity index (χ0v) is 18.1. The number of halogens is 5. The molecule has 3 rings (SSSR count). The Hall–Kier alpha value is -2.29. The Morgan fingerprint density at radius 1 is 1.26 bits per heavy atom. The first-order valence-corrected chi connectivity index (χ1v) is 10.1. The Labute approximate surface area is 187 Å². The molecular formula is C21H19Cl2F3N2O3. The second-order valence-electron chi connectivity index (χ2n) is 7.07. The van der Waals surface area contributed by atoms with E-state index in [1.54, 1.807) is 24.3 Å². The minimum absolute atomic E-state index is 0.0462. The third-order valence-electron chi connectivity index (χ3n) is 4.89. The van der Waals surface area contributed by atoms with Gasteiger partial charge in [0.15, 0.2) is 6.10 Å². The third kappa shape index (κ3) is 4.66. The lowest BCUT2D eigenvalue weighted by Crippen LogP contribution is -2.58. The summed E-state index contributed by atoms with van der Waals surface area (Å²) in [5, 5.41) is 14.7. The highest BCUT2D eigenvalue weighted by atomic mass is 35.5. The Morgan fingerprint density at radius 3 is 2.45 bits per heavy atom. The lowest BCUT2D eigenvalue weighted by molar-refractivity contribution is -0.303. The van der Waals surface area contributed by atoms with Crippen molar-refractivity contribution in [2.45, 2.75) is 44.7 Å². The summed E-state index contributed by atoms with van der Waals surface area (Å²) in [7, 11) is 0. The molecule has 1 N–H and O–H groups in total. The second-order valence-corrected chi connectivity index (χ2v) is 7.92. The Balaban J connectivity index is 1.91. The molecule has 31 heavy (non-hydrogen) atoms. The SMILES string of the molecule is CCc1ccc(C2=NN(C(=O)[C@@H](C)Oc3ccc(Cl)cc3Cl)[C@](O)(C(F)(F)F)C2)cc1. The van der Waals surface area contributed by atoms with E-state index in [1.807, 2.05) is 6.92 Å². The average Bonchev–Trinajstić information content (AvgIpc) is 3.08. The molecule has 5 nitrogen and oxygen atoms in total. The number of amides is 1. The number of carbonyl (C=O) groups is 1. The van der Waals surface area contributed by atoms with E-state index < -0.39 is 30.3 Å². The van der Waals surface area contributed by atoms with Crippen molar-refractivity contribution in [2.24, 2.45) is 5.10 Å². The smallest absolute Gasteiger partial charge is 0.438 e. The molecule has 10 heteroatoms. The molecule has 166 valence electrons. The van der Waals surface area contributed by atoms with Crippen LogP contribution in [0.2, 0.25) is 10.0 Å². The molecule has 0 saturated carbocycles. The van der Waals surface area contributed by atoms with Gasteiger partial charge in [0, 0.05) is 5.02 Å². The lowest BCUT2D eigenvalue weighted by atomic mass is 9.99. The first-order chi connectivity index (χ1) is 14.5. The van der Waals surface area contributed by atoms with Crippen LogP contribution >= 0.6 is 23.2 Å². The number of rotatable bonds is 5. The van der Waals surface area contributed by atoms with Crippen molar-refractivity contribution in [3.63, 3.8) is 0 Å². The van der Waals surface area contributed by atoms with E-state index in [1.165, 1.54) is 25.1 Å². The van der Waals surface area contributed by atoms with Crippen molar-refractivity contribution in [1.29, 1.82) is 0 Å². The number of hydrogen-bond acceptors (Lipinski definition) is 4. The molecule has 0 radical (unpaired) electrons. The van der Waals surface area contributed by atoms with Gasteiger partial charge in [-0.15, -0.1) is 0 Å². The van der Waals surface area contributed by atoms with Crippen LogP contribution in [-0.2, 0) is 11.2 Å². The van der Waals surface area contributed by atoms with Crippen molar-refractivity contribution in [2.75, 3.05) is 0 Å². The molecule has 0 spiro atoms. The van der Waals surface area contributed by atoms with Gasteiger partial charge in [-0.3, -0.25) is 4.79 Å². The number of aliphatic hydroxyl groups is 1. The van der Waals surface area contributed by atoms with Gasteiger partial charge in [-0.25, -0.2) is 0 Å². The third-order valence-corrected chi connectivity index (χ3v) is 5.42. The van der Waals surface area contributed by atoms with E-state index in [2.05, 4.69) is 5.10 Å².